The Morgan fingerprint density at radius 3 is 2.42 bits per heavy atom. The Morgan fingerprint density at radius 2 is 1.71 bits per heavy atom. The standard InChI is InChI=1S/C18H16FN3O2/c1-12-2-4-14(5-3-12)11-20-17(23)18-22-21-16(24-18)10-13-6-8-15(19)9-7-13/h2-9H,10-11H2,1H3,(H,20,23). The van der Waals surface area contributed by atoms with Gasteiger partial charge in [-0.15, -0.1) is 10.2 Å². The maximum atomic E-state index is 12.9. The summed E-state index contributed by atoms with van der Waals surface area (Å²) in [7, 11) is 0. The van der Waals surface area contributed by atoms with Crippen LogP contribution in [0.5, 0.6) is 0 Å². The van der Waals surface area contributed by atoms with Gasteiger partial charge in [-0.25, -0.2) is 4.39 Å². The highest BCUT2D eigenvalue weighted by molar-refractivity contribution is 5.89. The number of benzene rings is 2. The van der Waals surface area contributed by atoms with Crippen molar-refractivity contribution in [2.24, 2.45) is 0 Å². The minimum Gasteiger partial charge on any atom is -0.417 e. The predicted molar refractivity (Wildman–Crippen MR) is 85.9 cm³/mol. The second kappa shape index (κ2) is 7.04. The molecule has 2 aromatic carbocycles. The van der Waals surface area contributed by atoms with Gasteiger partial charge < -0.3 is 9.73 Å². The number of hydrogen-bond donors (Lipinski definition) is 1. The van der Waals surface area contributed by atoms with Crippen molar-refractivity contribution >= 4 is 5.91 Å². The van der Waals surface area contributed by atoms with E-state index in [-0.39, 0.29) is 11.7 Å². The van der Waals surface area contributed by atoms with Crippen LogP contribution in [0, 0.1) is 12.7 Å². The minimum atomic E-state index is -0.423. The maximum Gasteiger partial charge on any atom is 0.309 e. The monoisotopic (exact) mass is 325 g/mol. The molecule has 1 amide bonds. The fourth-order valence-corrected chi connectivity index (χ4v) is 2.16. The fraction of sp³-hybridized carbons (Fsp3) is 0.167. The Bertz CT molecular complexity index is 826. The summed E-state index contributed by atoms with van der Waals surface area (Å²) in [5.41, 5.74) is 2.97. The Kier molecular flexibility index (Phi) is 4.65. The summed E-state index contributed by atoms with van der Waals surface area (Å²) < 4.78 is 18.2. The van der Waals surface area contributed by atoms with Crippen LogP contribution in [0.25, 0.3) is 0 Å². The Balaban J connectivity index is 1.59. The lowest BCUT2D eigenvalue weighted by Gasteiger charge is -2.03. The van der Waals surface area contributed by atoms with E-state index >= 15 is 0 Å². The Labute approximate surface area is 138 Å². The predicted octanol–water partition coefficient (Wildman–Crippen LogP) is 3.04. The van der Waals surface area contributed by atoms with Gasteiger partial charge in [-0.1, -0.05) is 42.0 Å². The molecule has 0 aliphatic carbocycles. The first-order valence-corrected chi connectivity index (χ1v) is 7.51. The number of carbonyl (C=O) groups is 1. The first-order chi connectivity index (χ1) is 11.6. The van der Waals surface area contributed by atoms with E-state index in [1.165, 1.54) is 12.1 Å². The average Bonchev–Trinajstić information content (AvgIpc) is 3.05. The molecule has 3 aromatic rings. The lowest BCUT2D eigenvalue weighted by Crippen LogP contribution is -2.23. The number of amides is 1. The number of nitrogens with zero attached hydrogens (tertiary/aromatic N) is 2. The molecular formula is C18H16FN3O2. The molecule has 5 nitrogen and oxygen atoms in total. The first kappa shape index (κ1) is 15.9. The molecule has 0 saturated heterocycles. The van der Waals surface area contributed by atoms with Crippen molar-refractivity contribution in [2.75, 3.05) is 0 Å². The lowest BCUT2D eigenvalue weighted by molar-refractivity contribution is 0.0914. The van der Waals surface area contributed by atoms with Gasteiger partial charge in [0.2, 0.25) is 5.89 Å². The largest absolute Gasteiger partial charge is 0.417 e. The highest BCUT2D eigenvalue weighted by Gasteiger charge is 2.14. The summed E-state index contributed by atoms with van der Waals surface area (Å²) in [6, 6.07) is 13.9. The molecule has 122 valence electrons. The third-order valence-corrected chi connectivity index (χ3v) is 3.50. The average molecular weight is 325 g/mol. The van der Waals surface area contributed by atoms with Crippen LogP contribution < -0.4 is 5.32 Å². The second-order valence-electron chi connectivity index (χ2n) is 5.47. The van der Waals surface area contributed by atoms with Crippen LogP contribution >= 0.6 is 0 Å². The molecule has 0 aliphatic rings. The van der Waals surface area contributed by atoms with Gasteiger partial charge in [-0.3, -0.25) is 4.79 Å². The van der Waals surface area contributed by atoms with E-state index in [1.807, 2.05) is 31.2 Å². The number of hydrogen-bond acceptors (Lipinski definition) is 4. The SMILES string of the molecule is Cc1ccc(CNC(=O)c2nnc(Cc3ccc(F)cc3)o2)cc1. The molecule has 1 N–H and O–H groups in total. The molecular weight excluding hydrogens is 309 g/mol. The highest BCUT2D eigenvalue weighted by Crippen LogP contribution is 2.10. The number of nitrogens with one attached hydrogen (secondary N) is 1. The van der Waals surface area contributed by atoms with Crippen LogP contribution in [0.15, 0.2) is 52.9 Å². The summed E-state index contributed by atoms with van der Waals surface area (Å²) in [6.45, 7) is 2.39. The number of rotatable bonds is 5. The van der Waals surface area contributed by atoms with Gasteiger partial charge in [-0.05, 0) is 30.2 Å². The highest BCUT2D eigenvalue weighted by atomic mass is 19.1. The van der Waals surface area contributed by atoms with E-state index in [2.05, 4.69) is 15.5 Å². The van der Waals surface area contributed by atoms with E-state index in [4.69, 9.17) is 4.42 Å². The van der Waals surface area contributed by atoms with Gasteiger partial charge >= 0.3 is 11.8 Å². The van der Waals surface area contributed by atoms with Gasteiger partial charge in [0, 0.05) is 6.54 Å². The molecule has 3 rings (SSSR count). The van der Waals surface area contributed by atoms with Crippen LogP contribution in [0.4, 0.5) is 4.39 Å². The molecule has 1 heterocycles. The summed E-state index contributed by atoms with van der Waals surface area (Å²) >= 11 is 0. The molecule has 0 fully saturated rings. The molecule has 0 unspecified atom stereocenters. The van der Waals surface area contributed by atoms with Gasteiger partial charge in [0.1, 0.15) is 5.82 Å². The van der Waals surface area contributed by atoms with Gasteiger partial charge in [-0.2, -0.15) is 0 Å². The van der Waals surface area contributed by atoms with Gasteiger partial charge in [0.25, 0.3) is 0 Å². The number of carbonyl (C=O) groups excluding carboxylic acids is 1. The normalized spacial score (nSPS) is 10.6. The summed E-state index contributed by atoms with van der Waals surface area (Å²) in [5.74, 6) is -0.504. The van der Waals surface area contributed by atoms with E-state index < -0.39 is 5.91 Å². The van der Waals surface area contributed by atoms with Crippen LogP contribution in [-0.4, -0.2) is 16.1 Å². The summed E-state index contributed by atoms with van der Waals surface area (Å²) in [5, 5.41) is 10.3. The van der Waals surface area contributed by atoms with Crippen molar-refractivity contribution < 1.29 is 13.6 Å². The molecule has 0 radical (unpaired) electrons. The van der Waals surface area contributed by atoms with E-state index in [1.54, 1.807) is 12.1 Å². The third-order valence-electron chi connectivity index (χ3n) is 3.50. The zero-order chi connectivity index (χ0) is 16.9. The van der Waals surface area contributed by atoms with Crippen LogP contribution in [0.1, 0.15) is 33.3 Å². The van der Waals surface area contributed by atoms with Gasteiger partial charge in [0.05, 0.1) is 6.42 Å². The zero-order valence-electron chi connectivity index (χ0n) is 13.1. The van der Waals surface area contributed by atoms with E-state index in [9.17, 15) is 9.18 Å². The topological polar surface area (TPSA) is 68.0 Å². The first-order valence-electron chi connectivity index (χ1n) is 7.51. The van der Waals surface area contributed by atoms with Crippen molar-refractivity contribution in [3.8, 4) is 0 Å². The Hall–Kier alpha value is -3.02. The van der Waals surface area contributed by atoms with Gasteiger partial charge in [0.15, 0.2) is 0 Å². The Morgan fingerprint density at radius 1 is 1.04 bits per heavy atom. The molecule has 6 heteroatoms. The molecule has 24 heavy (non-hydrogen) atoms. The zero-order valence-corrected chi connectivity index (χ0v) is 13.1. The minimum absolute atomic E-state index is 0.0841. The molecule has 1 aromatic heterocycles. The van der Waals surface area contributed by atoms with Crippen LogP contribution in [-0.2, 0) is 13.0 Å². The maximum absolute atomic E-state index is 12.9. The number of aromatic nitrogens is 2. The van der Waals surface area contributed by atoms with Crippen molar-refractivity contribution in [1.82, 2.24) is 15.5 Å². The summed E-state index contributed by atoms with van der Waals surface area (Å²) in [6.07, 6.45) is 0.346. The van der Waals surface area contributed by atoms with Crippen molar-refractivity contribution in [3.05, 3.63) is 82.8 Å². The number of halogens is 1. The third kappa shape index (κ3) is 4.04. The molecule has 0 spiro atoms. The number of aryl methyl sites for hydroxylation is 1. The molecule has 0 atom stereocenters. The fourth-order valence-electron chi connectivity index (χ4n) is 2.16. The second-order valence-corrected chi connectivity index (χ2v) is 5.47. The molecule has 0 bridgehead atoms. The molecule has 0 aliphatic heterocycles. The van der Waals surface area contributed by atoms with E-state index in [0.29, 0.717) is 18.9 Å². The summed E-state index contributed by atoms with van der Waals surface area (Å²) in [4.78, 5) is 12.0. The van der Waals surface area contributed by atoms with Crippen molar-refractivity contribution in [1.29, 1.82) is 0 Å². The van der Waals surface area contributed by atoms with Crippen LogP contribution in [0.2, 0.25) is 0 Å². The smallest absolute Gasteiger partial charge is 0.309 e. The van der Waals surface area contributed by atoms with E-state index in [0.717, 1.165) is 16.7 Å². The van der Waals surface area contributed by atoms with Crippen molar-refractivity contribution in [2.45, 2.75) is 19.9 Å². The van der Waals surface area contributed by atoms with Crippen LogP contribution in [0.3, 0.4) is 0 Å². The van der Waals surface area contributed by atoms with Crippen molar-refractivity contribution in [3.63, 3.8) is 0 Å². The lowest BCUT2D eigenvalue weighted by atomic mass is 10.1. The molecule has 0 saturated carbocycles. The quantitative estimate of drug-likeness (QED) is 0.783.